The number of hydrogen-bond acceptors (Lipinski definition) is 4. The van der Waals surface area contributed by atoms with E-state index in [9.17, 15) is 0 Å². The Hall–Kier alpha value is -0.0725. The molecule has 0 atom stereocenters. The molecule has 8 heteroatoms. The zero-order valence-electron chi connectivity index (χ0n) is 25.4. The van der Waals surface area contributed by atoms with Crippen LogP contribution in [0.2, 0.25) is 38.3 Å². The Balaban J connectivity index is 3.35. The van der Waals surface area contributed by atoms with Gasteiger partial charge in [0.1, 0.15) is 0 Å². The van der Waals surface area contributed by atoms with Crippen molar-refractivity contribution in [2.75, 3.05) is 39.4 Å². The van der Waals surface area contributed by atoms with Gasteiger partial charge in [-0.15, -0.1) is 0 Å². The molecule has 1 rings (SSSR count). The van der Waals surface area contributed by atoms with E-state index in [4.69, 9.17) is 8.85 Å². The Morgan fingerprint density at radius 3 is 1.69 bits per heavy atom. The molecule has 0 saturated carbocycles. The van der Waals surface area contributed by atoms with E-state index in [2.05, 4.69) is 90.5 Å². The highest BCUT2D eigenvalue weighted by atomic mass is 28.3. The minimum absolute atomic E-state index is 0.517. The van der Waals surface area contributed by atoms with Crippen molar-refractivity contribution >= 4 is 46.8 Å². The number of hydrogen-bond donors (Lipinski definition) is 0. The van der Waals surface area contributed by atoms with Gasteiger partial charge in [0.25, 0.3) is 0 Å². The zero-order valence-corrected chi connectivity index (χ0v) is 29.4. The van der Waals surface area contributed by atoms with Crippen molar-refractivity contribution in [3.63, 3.8) is 0 Å². The summed E-state index contributed by atoms with van der Waals surface area (Å²) in [4.78, 5) is 5.33. The molecule has 0 saturated heterocycles. The fourth-order valence-corrected chi connectivity index (χ4v) is 13.3. The fourth-order valence-electron chi connectivity index (χ4n) is 5.33. The van der Waals surface area contributed by atoms with E-state index in [0.717, 1.165) is 61.4 Å². The first-order valence-corrected chi connectivity index (χ1v) is 22.1. The summed E-state index contributed by atoms with van der Waals surface area (Å²) >= 11 is 0. The second kappa shape index (κ2) is 18.3. The molecule has 0 aliphatic heterocycles. The van der Waals surface area contributed by atoms with Crippen molar-refractivity contribution in [3.8, 4) is 0 Å². The Morgan fingerprint density at radius 1 is 0.778 bits per heavy atom. The lowest BCUT2D eigenvalue weighted by Gasteiger charge is -2.38. The molecule has 0 bridgehead atoms. The van der Waals surface area contributed by atoms with E-state index in [-0.39, 0.29) is 0 Å². The predicted octanol–water partition coefficient (Wildman–Crippen LogP) is 4.65. The molecule has 0 aliphatic carbocycles. The van der Waals surface area contributed by atoms with Gasteiger partial charge in [-0.3, -0.25) is 9.80 Å². The summed E-state index contributed by atoms with van der Waals surface area (Å²) in [7, 11) is -1.34. The molecule has 0 heterocycles. The van der Waals surface area contributed by atoms with Crippen LogP contribution in [0, 0.1) is 6.92 Å². The van der Waals surface area contributed by atoms with Crippen LogP contribution >= 0.6 is 0 Å². The average molecular weight is 564 g/mol. The van der Waals surface area contributed by atoms with Crippen molar-refractivity contribution in [1.82, 2.24) is 9.80 Å². The molecule has 0 amide bonds. The van der Waals surface area contributed by atoms with Gasteiger partial charge in [-0.25, -0.2) is 0 Å². The maximum absolute atomic E-state index is 6.01. The first-order chi connectivity index (χ1) is 17.2. The predicted molar refractivity (Wildman–Crippen MR) is 167 cm³/mol. The molecule has 1 aromatic rings. The van der Waals surface area contributed by atoms with Gasteiger partial charge in [-0.1, -0.05) is 81.9 Å². The van der Waals surface area contributed by atoms with Crippen LogP contribution in [0.4, 0.5) is 0 Å². The van der Waals surface area contributed by atoms with Crippen LogP contribution in [0.15, 0.2) is 6.07 Å². The van der Waals surface area contributed by atoms with Crippen molar-refractivity contribution in [2.45, 2.75) is 105 Å². The molecule has 205 valence electrons. The van der Waals surface area contributed by atoms with Gasteiger partial charge in [0.15, 0.2) is 0 Å². The van der Waals surface area contributed by atoms with Gasteiger partial charge in [-0.2, -0.15) is 0 Å². The molecular formula is C28H55N2O2Si4. The van der Waals surface area contributed by atoms with Gasteiger partial charge in [-0.05, 0) is 77.0 Å². The third-order valence-electron chi connectivity index (χ3n) is 6.95. The molecule has 5 radical (unpaired) electrons. The molecule has 1 aromatic carbocycles. The third kappa shape index (κ3) is 9.91. The minimum Gasteiger partial charge on any atom is -0.394 e. The van der Waals surface area contributed by atoms with Crippen molar-refractivity contribution in [1.29, 1.82) is 0 Å². The van der Waals surface area contributed by atoms with Crippen LogP contribution in [-0.2, 0) is 21.7 Å². The topological polar surface area (TPSA) is 24.9 Å². The molecule has 0 aliphatic rings. The summed E-state index contributed by atoms with van der Waals surface area (Å²) < 4.78 is 12.0. The Bertz CT molecular complexity index is 723. The molecule has 0 unspecified atom stereocenters. The summed E-state index contributed by atoms with van der Waals surface area (Å²) in [5, 5.41) is 3.49. The zero-order chi connectivity index (χ0) is 27.3. The van der Waals surface area contributed by atoms with Crippen molar-refractivity contribution in [3.05, 3.63) is 22.8 Å². The SMILES string of the molecule is CCO[Si](CCc1cc(C)c([Si](C)C)c([Si](C)C)c1CC[Si]C(N(CC)CC)N(CC)CC)OCC. The minimum atomic E-state index is -1.20. The molecule has 0 aromatic heterocycles. The van der Waals surface area contributed by atoms with E-state index in [0.29, 0.717) is 5.79 Å². The molecular weight excluding hydrogens is 509 g/mol. The molecule has 0 N–H and O–H groups in total. The number of aryl methyl sites for hydroxylation is 2. The molecule has 0 fully saturated rings. The normalized spacial score (nSPS) is 12.5. The highest BCUT2D eigenvalue weighted by Gasteiger charge is 2.25. The quantitative estimate of drug-likeness (QED) is 0.181. The highest BCUT2D eigenvalue weighted by molar-refractivity contribution is 6.82. The Kier molecular flexibility index (Phi) is 17.2. The Labute approximate surface area is 232 Å². The maximum Gasteiger partial charge on any atom is 0.384 e. The third-order valence-corrected chi connectivity index (χ3v) is 13.9. The van der Waals surface area contributed by atoms with Crippen molar-refractivity contribution in [2.24, 2.45) is 0 Å². The van der Waals surface area contributed by atoms with Crippen LogP contribution in [0.3, 0.4) is 0 Å². The smallest absolute Gasteiger partial charge is 0.384 e. The molecule has 4 nitrogen and oxygen atoms in total. The second-order valence-corrected chi connectivity index (χ2v) is 18.1. The fraction of sp³-hybridized carbons (Fsp3) is 0.786. The summed E-state index contributed by atoms with van der Waals surface area (Å²) in [6.07, 6.45) is 2.30. The molecule has 36 heavy (non-hydrogen) atoms. The standard InChI is InChI=1S/C28H55N2O2Si4/c1-12-29(13-2)28(30(14-3)15-4)33-20-18-25-24(19-21-36(31-16-5)32-17-6)22-23(7)26(34(8)9)27(25)35(10)11/h22,28H,12-21H2,1-11H3. The second-order valence-electron chi connectivity index (χ2n) is 9.84. The lowest BCUT2D eigenvalue weighted by Crippen LogP contribution is -2.52. The van der Waals surface area contributed by atoms with Crippen LogP contribution in [-0.4, -0.2) is 91.4 Å². The average Bonchev–Trinajstić information content (AvgIpc) is 2.84. The van der Waals surface area contributed by atoms with E-state index >= 15 is 0 Å². The van der Waals surface area contributed by atoms with Gasteiger partial charge >= 0.3 is 9.28 Å². The summed E-state index contributed by atoms with van der Waals surface area (Å²) in [5.74, 6) is 0.572. The van der Waals surface area contributed by atoms with E-state index in [1.54, 1.807) is 21.5 Å². The number of nitrogens with zero attached hydrogens (tertiary/aromatic N) is 2. The largest absolute Gasteiger partial charge is 0.394 e. The summed E-state index contributed by atoms with van der Waals surface area (Å²) in [6, 6.07) is 4.86. The van der Waals surface area contributed by atoms with Crippen LogP contribution in [0.25, 0.3) is 0 Å². The Morgan fingerprint density at radius 2 is 1.28 bits per heavy atom. The summed E-state index contributed by atoms with van der Waals surface area (Å²) in [6.45, 7) is 31.8. The van der Waals surface area contributed by atoms with Crippen molar-refractivity contribution < 1.29 is 8.85 Å². The number of rotatable bonds is 19. The maximum atomic E-state index is 6.01. The van der Waals surface area contributed by atoms with Gasteiger partial charge in [0, 0.05) is 19.0 Å². The lowest BCUT2D eigenvalue weighted by molar-refractivity contribution is 0.115. The first-order valence-electron chi connectivity index (χ1n) is 14.3. The first kappa shape index (κ1) is 34.0. The van der Waals surface area contributed by atoms with Crippen LogP contribution < -0.4 is 10.4 Å². The van der Waals surface area contributed by atoms with Gasteiger partial charge in [0.2, 0.25) is 0 Å². The summed E-state index contributed by atoms with van der Waals surface area (Å²) in [5.41, 5.74) is 4.80. The monoisotopic (exact) mass is 563 g/mol. The van der Waals surface area contributed by atoms with E-state index in [1.807, 2.05) is 0 Å². The highest BCUT2D eigenvalue weighted by Crippen LogP contribution is 2.18. The van der Waals surface area contributed by atoms with E-state index in [1.165, 1.54) is 18.0 Å². The van der Waals surface area contributed by atoms with Crippen LogP contribution in [0.5, 0.6) is 0 Å². The van der Waals surface area contributed by atoms with E-state index < -0.39 is 26.9 Å². The molecule has 0 spiro atoms. The van der Waals surface area contributed by atoms with Gasteiger partial charge < -0.3 is 8.85 Å². The number of benzene rings is 1. The van der Waals surface area contributed by atoms with Crippen LogP contribution in [0.1, 0.15) is 58.2 Å². The lowest BCUT2D eigenvalue weighted by atomic mass is 10.00. The van der Waals surface area contributed by atoms with Gasteiger partial charge in [0.05, 0.1) is 27.1 Å².